The molecule has 3 rings (SSSR count). The number of aryl methyl sites for hydroxylation is 2. The number of ether oxygens (including phenoxy) is 1. The molecule has 29 heavy (non-hydrogen) atoms. The summed E-state index contributed by atoms with van der Waals surface area (Å²) >= 11 is 0. The van der Waals surface area contributed by atoms with Crippen LogP contribution in [0.4, 0.5) is 0 Å². The Morgan fingerprint density at radius 2 is 1.97 bits per heavy atom. The predicted octanol–water partition coefficient (Wildman–Crippen LogP) is 0.465. The summed E-state index contributed by atoms with van der Waals surface area (Å²) in [5.41, 5.74) is 1.58. The highest BCUT2D eigenvalue weighted by Gasteiger charge is 2.35. The van der Waals surface area contributed by atoms with Crippen molar-refractivity contribution in [1.29, 1.82) is 0 Å². The molecule has 1 aromatic heterocycles. The third kappa shape index (κ3) is 5.78. The van der Waals surface area contributed by atoms with Crippen LogP contribution in [0.15, 0.2) is 4.52 Å². The van der Waals surface area contributed by atoms with Crippen molar-refractivity contribution in [3.05, 3.63) is 17.0 Å². The first-order valence-corrected chi connectivity index (χ1v) is 12.1. The number of hydrogen-bond acceptors (Lipinski definition) is 7. The van der Waals surface area contributed by atoms with Crippen LogP contribution >= 0.6 is 0 Å². The summed E-state index contributed by atoms with van der Waals surface area (Å²) in [6.45, 7) is 7.38. The first-order valence-electron chi connectivity index (χ1n) is 10.2. The molecule has 164 valence electrons. The zero-order chi connectivity index (χ0) is 21.0. The Morgan fingerprint density at radius 3 is 2.55 bits per heavy atom. The minimum Gasteiger partial charge on any atom is -0.381 e. The normalized spacial score (nSPS) is 21.7. The standard InChI is InChI=1S/C19H32N4O5S/c1-14-18(15(2)28-21-14)12-19(24)20-7-9-23(16-5-10-27-11-6-16)17-4-8-22(13-17)29(3,25)26/h16-17H,4-13H2,1-3H3,(H,20,24). The molecule has 0 bridgehead atoms. The molecule has 0 saturated carbocycles. The predicted molar refractivity (Wildman–Crippen MR) is 108 cm³/mol. The van der Waals surface area contributed by atoms with Crippen LogP contribution in [0.3, 0.4) is 0 Å². The Bertz CT molecular complexity index is 784. The van der Waals surface area contributed by atoms with Gasteiger partial charge in [0.1, 0.15) is 5.76 Å². The van der Waals surface area contributed by atoms with Gasteiger partial charge in [-0.15, -0.1) is 0 Å². The van der Waals surface area contributed by atoms with Crippen LogP contribution in [-0.2, 0) is 26.0 Å². The lowest BCUT2D eigenvalue weighted by molar-refractivity contribution is -0.120. The first kappa shape index (κ1) is 22.2. The lowest BCUT2D eigenvalue weighted by Gasteiger charge is -2.38. The highest BCUT2D eigenvalue weighted by Crippen LogP contribution is 2.24. The van der Waals surface area contributed by atoms with Gasteiger partial charge in [-0.3, -0.25) is 9.69 Å². The Hall–Kier alpha value is -1.49. The van der Waals surface area contributed by atoms with Crippen LogP contribution < -0.4 is 5.32 Å². The Balaban J connectivity index is 1.56. The SMILES string of the molecule is Cc1noc(C)c1CC(=O)NCCN(C1CCOCC1)C1CCN(S(C)(=O)=O)C1. The number of sulfonamides is 1. The van der Waals surface area contributed by atoms with Crippen molar-refractivity contribution in [2.75, 3.05) is 45.6 Å². The molecule has 3 heterocycles. The van der Waals surface area contributed by atoms with E-state index < -0.39 is 10.0 Å². The van der Waals surface area contributed by atoms with E-state index in [4.69, 9.17) is 9.26 Å². The van der Waals surface area contributed by atoms with Crippen LogP contribution in [0.1, 0.15) is 36.3 Å². The number of aromatic nitrogens is 1. The van der Waals surface area contributed by atoms with Crippen molar-refractivity contribution in [2.45, 2.75) is 51.6 Å². The average molecular weight is 429 g/mol. The maximum Gasteiger partial charge on any atom is 0.224 e. The molecule has 0 spiro atoms. The molecular formula is C19H32N4O5S. The summed E-state index contributed by atoms with van der Waals surface area (Å²) in [6.07, 6.45) is 4.20. The summed E-state index contributed by atoms with van der Waals surface area (Å²) in [6, 6.07) is 0.528. The second-order valence-electron chi connectivity index (χ2n) is 7.97. The van der Waals surface area contributed by atoms with Gasteiger partial charge in [0, 0.05) is 57.0 Å². The van der Waals surface area contributed by atoms with E-state index in [0.717, 1.165) is 43.7 Å². The largest absolute Gasteiger partial charge is 0.381 e. The van der Waals surface area contributed by atoms with Gasteiger partial charge in [0.15, 0.2) is 0 Å². The second-order valence-corrected chi connectivity index (χ2v) is 9.96. The fourth-order valence-electron chi connectivity index (χ4n) is 4.26. The number of rotatable bonds is 8. The highest BCUT2D eigenvalue weighted by atomic mass is 32.2. The number of amides is 1. The lowest BCUT2D eigenvalue weighted by atomic mass is 10.0. The Kier molecular flexibility index (Phi) is 7.31. The van der Waals surface area contributed by atoms with Crippen molar-refractivity contribution >= 4 is 15.9 Å². The zero-order valence-corrected chi connectivity index (χ0v) is 18.3. The lowest BCUT2D eigenvalue weighted by Crippen LogP contribution is -2.50. The molecule has 2 aliphatic rings. The molecule has 0 aliphatic carbocycles. The Labute approximate surface area is 172 Å². The van der Waals surface area contributed by atoms with Gasteiger partial charge < -0.3 is 14.6 Å². The van der Waals surface area contributed by atoms with Crippen LogP contribution in [0.25, 0.3) is 0 Å². The smallest absolute Gasteiger partial charge is 0.224 e. The molecule has 1 amide bonds. The van der Waals surface area contributed by atoms with Crippen molar-refractivity contribution in [3.63, 3.8) is 0 Å². The summed E-state index contributed by atoms with van der Waals surface area (Å²) in [4.78, 5) is 14.7. The van der Waals surface area contributed by atoms with Gasteiger partial charge in [-0.2, -0.15) is 0 Å². The van der Waals surface area contributed by atoms with Gasteiger partial charge in [0.2, 0.25) is 15.9 Å². The van der Waals surface area contributed by atoms with Crippen molar-refractivity contribution < 1.29 is 22.5 Å². The third-order valence-electron chi connectivity index (χ3n) is 5.93. The zero-order valence-electron chi connectivity index (χ0n) is 17.5. The molecule has 9 nitrogen and oxygen atoms in total. The minimum atomic E-state index is -3.17. The maximum absolute atomic E-state index is 12.4. The maximum atomic E-state index is 12.4. The van der Waals surface area contributed by atoms with E-state index in [-0.39, 0.29) is 18.4 Å². The van der Waals surface area contributed by atoms with Gasteiger partial charge in [0.25, 0.3) is 0 Å². The van der Waals surface area contributed by atoms with E-state index in [1.54, 1.807) is 4.31 Å². The minimum absolute atomic E-state index is 0.0597. The molecule has 2 saturated heterocycles. The molecule has 0 aromatic carbocycles. The van der Waals surface area contributed by atoms with Crippen LogP contribution in [0, 0.1) is 13.8 Å². The topological polar surface area (TPSA) is 105 Å². The number of carbonyl (C=O) groups excluding carboxylic acids is 1. The molecule has 0 radical (unpaired) electrons. The fraction of sp³-hybridized carbons (Fsp3) is 0.789. The quantitative estimate of drug-likeness (QED) is 0.641. The van der Waals surface area contributed by atoms with Gasteiger partial charge >= 0.3 is 0 Å². The number of nitrogens with one attached hydrogen (secondary N) is 1. The number of carbonyl (C=O) groups is 1. The van der Waals surface area contributed by atoms with Crippen LogP contribution in [0.5, 0.6) is 0 Å². The van der Waals surface area contributed by atoms with Gasteiger partial charge in [-0.05, 0) is 33.1 Å². The summed E-state index contributed by atoms with van der Waals surface area (Å²) in [5.74, 6) is 0.615. The van der Waals surface area contributed by atoms with Crippen LogP contribution in [-0.4, -0.2) is 86.4 Å². The summed E-state index contributed by atoms with van der Waals surface area (Å²) < 4.78 is 36.0. The molecule has 2 fully saturated rings. The van der Waals surface area contributed by atoms with E-state index >= 15 is 0 Å². The van der Waals surface area contributed by atoms with Crippen LogP contribution in [0.2, 0.25) is 0 Å². The first-order chi connectivity index (χ1) is 13.8. The third-order valence-corrected chi connectivity index (χ3v) is 7.20. The number of hydrogen-bond donors (Lipinski definition) is 1. The van der Waals surface area contributed by atoms with Gasteiger partial charge in [-0.1, -0.05) is 5.16 Å². The van der Waals surface area contributed by atoms with Crippen molar-refractivity contribution in [2.24, 2.45) is 0 Å². The monoisotopic (exact) mass is 428 g/mol. The molecule has 1 unspecified atom stereocenters. The number of nitrogens with zero attached hydrogens (tertiary/aromatic N) is 3. The highest BCUT2D eigenvalue weighted by molar-refractivity contribution is 7.88. The molecule has 1 aromatic rings. The average Bonchev–Trinajstić information content (AvgIpc) is 3.29. The van der Waals surface area contributed by atoms with E-state index in [1.807, 2.05) is 13.8 Å². The van der Waals surface area contributed by atoms with Gasteiger partial charge in [-0.25, -0.2) is 12.7 Å². The molecule has 10 heteroatoms. The second kappa shape index (κ2) is 9.55. The molecular weight excluding hydrogens is 396 g/mol. The van der Waals surface area contributed by atoms with Gasteiger partial charge in [0.05, 0.1) is 18.4 Å². The van der Waals surface area contributed by atoms with E-state index in [0.29, 0.717) is 38.0 Å². The summed E-state index contributed by atoms with van der Waals surface area (Å²) in [5, 5.41) is 6.89. The van der Waals surface area contributed by atoms with Crippen molar-refractivity contribution in [3.8, 4) is 0 Å². The van der Waals surface area contributed by atoms with E-state index in [1.165, 1.54) is 6.26 Å². The van der Waals surface area contributed by atoms with Crippen molar-refractivity contribution in [1.82, 2.24) is 19.7 Å². The molecule has 2 aliphatic heterocycles. The molecule has 1 N–H and O–H groups in total. The van der Waals surface area contributed by atoms with E-state index in [2.05, 4.69) is 15.4 Å². The summed E-state index contributed by atoms with van der Waals surface area (Å²) in [7, 11) is -3.17. The molecule has 1 atom stereocenters. The Morgan fingerprint density at radius 1 is 1.24 bits per heavy atom. The fourth-order valence-corrected chi connectivity index (χ4v) is 5.14. The van der Waals surface area contributed by atoms with E-state index in [9.17, 15) is 13.2 Å².